The zero-order chi connectivity index (χ0) is 14.7. The first-order valence-electron chi connectivity index (χ1n) is 8.54. The van der Waals surface area contributed by atoms with Crippen molar-refractivity contribution in [3.8, 4) is 0 Å². The normalized spacial score (nSPS) is 41.5. The molecule has 1 aromatic rings. The second-order valence-corrected chi connectivity index (χ2v) is 7.82. The maximum absolute atomic E-state index is 12.6. The van der Waals surface area contributed by atoms with Crippen LogP contribution in [0.5, 0.6) is 0 Å². The molecule has 4 aliphatic carbocycles. The highest BCUT2D eigenvalue weighted by atomic mass is 16.8. The fraction of sp³-hybridized carbons (Fsp3) is 0.611. The van der Waals surface area contributed by atoms with Gasteiger partial charge in [0, 0.05) is 11.1 Å². The van der Waals surface area contributed by atoms with E-state index in [2.05, 4.69) is 5.32 Å². The molecular weight excluding hydrogens is 276 g/mol. The van der Waals surface area contributed by atoms with Crippen molar-refractivity contribution in [3.05, 3.63) is 35.9 Å². The van der Waals surface area contributed by atoms with Crippen molar-refractivity contribution in [1.29, 1.82) is 0 Å². The first-order chi connectivity index (χ1) is 10.7. The quantitative estimate of drug-likeness (QED) is 0.848. The SMILES string of the molecule is O=C(NC12CC3CC(CC(C3)C1)C2)N1OC1c1ccccc1. The molecule has 1 aliphatic heterocycles. The van der Waals surface area contributed by atoms with E-state index < -0.39 is 0 Å². The molecule has 4 bridgehead atoms. The molecule has 4 nitrogen and oxygen atoms in total. The topological polar surface area (TPSA) is 44.6 Å². The lowest BCUT2D eigenvalue weighted by Gasteiger charge is -2.56. The molecule has 5 aliphatic rings. The van der Waals surface area contributed by atoms with Gasteiger partial charge in [-0.05, 0) is 56.3 Å². The maximum atomic E-state index is 12.6. The highest BCUT2D eigenvalue weighted by Gasteiger charge is 2.53. The fourth-order valence-electron chi connectivity index (χ4n) is 5.59. The van der Waals surface area contributed by atoms with Crippen LogP contribution >= 0.6 is 0 Å². The van der Waals surface area contributed by atoms with Crippen LogP contribution in [0.3, 0.4) is 0 Å². The van der Waals surface area contributed by atoms with Crippen LogP contribution in [-0.4, -0.2) is 16.6 Å². The van der Waals surface area contributed by atoms with Gasteiger partial charge >= 0.3 is 6.03 Å². The predicted molar refractivity (Wildman–Crippen MR) is 81.5 cm³/mol. The molecule has 1 saturated heterocycles. The third-order valence-corrected chi connectivity index (χ3v) is 6.08. The Balaban J connectivity index is 1.28. The van der Waals surface area contributed by atoms with Crippen molar-refractivity contribution < 1.29 is 9.63 Å². The van der Waals surface area contributed by atoms with E-state index in [1.165, 1.54) is 43.6 Å². The van der Waals surface area contributed by atoms with E-state index in [9.17, 15) is 4.79 Å². The Morgan fingerprint density at radius 1 is 1.05 bits per heavy atom. The van der Waals surface area contributed by atoms with Gasteiger partial charge in [-0.25, -0.2) is 9.63 Å². The number of urea groups is 1. The van der Waals surface area contributed by atoms with Crippen LogP contribution in [0, 0.1) is 17.8 Å². The summed E-state index contributed by atoms with van der Waals surface area (Å²) < 4.78 is 0. The molecule has 1 aromatic carbocycles. The Kier molecular flexibility index (Phi) is 2.63. The molecule has 6 rings (SSSR count). The fourth-order valence-corrected chi connectivity index (χ4v) is 5.59. The van der Waals surface area contributed by atoms with Gasteiger partial charge in [0.05, 0.1) is 0 Å². The van der Waals surface area contributed by atoms with Crippen LogP contribution in [0.1, 0.15) is 50.3 Å². The molecule has 2 amide bonds. The smallest absolute Gasteiger partial charge is 0.331 e. The second-order valence-electron chi connectivity index (χ2n) is 7.82. The van der Waals surface area contributed by atoms with E-state index in [0.717, 1.165) is 23.3 Å². The van der Waals surface area contributed by atoms with E-state index in [4.69, 9.17) is 4.84 Å². The molecule has 1 heterocycles. The Labute approximate surface area is 130 Å². The van der Waals surface area contributed by atoms with Crippen molar-refractivity contribution in [2.75, 3.05) is 0 Å². The van der Waals surface area contributed by atoms with Crippen molar-refractivity contribution >= 4 is 6.03 Å². The summed E-state index contributed by atoms with van der Waals surface area (Å²) in [5, 5.41) is 4.84. The molecule has 0 spiro atoms. The number of amides is 2. The van der Waals surface area contributed by atoms with Crippen LogP contribution in [0.2, 0.25) is 0 Å². The number of nitrogens with zero attached hydrogens (tertiary/aromatic N) is 1. The first kappa shape index (κ1) is 12.9. The van der Waals surface area contributed by atoms with Gasteiger partial charge in [0.2, 0.25) is 6.23 Å². The van der Waals surface area contributed by atoms with Gasteiger partial charge in [-0.2, -0.15) is 5.06 Å². The van der Waals surface area contributed by atoms with Gasteiger partial charge in [-0.15, -0.1) is 0 Å². The standard InChI is InChI=1S/C18H22N2O2/c21-17(20-16(22-20)15-4-2-1-3-5-15)19-18-9-12-6-13(10-18)8-14(7-12)11-18/h1-5,12-14,16H,6-11H2,(H,19,21). The number of hydroxylamine groups is 2. The van der Waals surface area contributed by atoms with Gasteiger partial charge in [-0.3, -0.25) is 0 Å². The van der Waals surface area contributed by atoms with E-state index in [1.54, 1.807) is 0 Å². The summed E-state index contributed by atoms with van der Waals surface area (Å²) in [6.45, 7) is 0. The molecule has 1 N–H and O–H groups in total. The molecule has 116 valence electrons. The lowest BCUT2D eigenvalue weighted by molar-refractivity contribution is -0.0159. The molecule has 5 fully saturated rings. The Morgan fingerprint density at radius 2 is 1.64 bits per heavy atom. The van der Waals surface area contributed by atoms with E-state index in [-0.39, 0.29) is 17.8 Å². The zero-order valence-electron chi connectivity index (χ0n) is 12.7. The third kappa shape index (κ3) is 2.04. The summed E-state index contributed by atoms with van der Waals surface area (Å²) >= 11 is 0. The lowest BCUT2D eigenvalue weighted by atomic mass is 9.53. The highest BCUT2D eigenvalue weighted by molar-refractivity contribution is 5.76. The van der Waals surface area contributed by atoms with Crippen molar-refractivity contribution in [2.45, 2.75) is 50.3 Å². The van der Waals surface area contributed by atoms with Gasteiger partial charge < -0.3 is 5.32 Å². The number of rotatable bonds is 2. The van der Waals surface area contributed by atoms with Crippen LogP contribution < -0.4 is 5.32 Å². The monoisotopic (exact) mass is 298 g/mol. The molecular formula is C18H22N2O2. The van der Waals surface area contributed by atoms with Crippen LogP contribution in [-0.2, 0) is 4.84 Å². The van der Waals surface area contributed by atoms with E-state index in [1.807, 2.05) is 30.3 Å². The number of carbonyl (C=O) groups is 1. The molecule has 4 heteroatoms. The number of benzene rings is 1. The summed E-state index contributed by atoms with van der Waals surface area (Å²) in [6, 6.07) is 9.89. The molecule has 1 unspecified atom stereocenters. The van der Waals surface area contributed by atoms with Crippen LogP contribution in [0.15, 0.2) is 30.3 Å². The molecule has 4 saturated carbocycles. The van der Waals surface area contributed by atoms with Crippen LogP contribution in [0.4, 0.5) is 4.79 Å². The number of carbonyl (C=O) groups excluding carboxylic acids is 1. The minimum Gasteiger partial charge on any atom is -0.331 e. The summed E-state index contributed by atoms with van der Waals surface area (Å²) in [6.07, 6.45) is 7.50. The molecule has 0 aromatic heterocycles. The molecule has 1 atom stereocenters. The second kappa shape index (κ2) is 4.48. The summed E-state index contributed by atoms with van der Waals surface area (Å²) in [5.41, 5.74) is 1.10. The van der Waals surface area contributed by atoms with Gasteiger partial charge in [0.25, 0.3) is 0 Å². The lowest BCUT2D eigenvalue weighted by Crippen LogP contribution is -2.60. The average Bonchev–Trinajstić information content (AvgIpc) is 3.26. The van der Waals surface area contributed by atoms with E-state index >= 15 is 0 Å². The van der Waals surface area contributed by atoms with Gasteiger partial charge in [0.1, 0.15) is 0 Å². The number of hydrogen-bond acceptors (Lipinski definition) is 2. The summed E-state index contributed by atoms with van der Waals surface area (Å²) in [5.74, 6) is 2.52. The summed E-state index contributed by atoms with van der Waals surface area (Å²) in [4.78, 5) is 18.1. The molecule has 22 heavy (non-hydrogen) atoms. The Morgan fingerprint density at radius 3 is 2.23 bits per heavy atom. The average molecular weight is 298 g/mol. The zero-order valence-corrected chi connectivity index (χ0v) is 12.7. The highest BCUT2D eigenvalue weighted by Crippen LogP contribution is 2.55. The van der Waals surface area contributed by atoms with E-state index in [0.29, 0.717) is 0 Å². The maximum Gasteiger partial charge on any atom is 0.344 e. The first-order valence-corrected chi connectivity index (χ1v) is 8.54. The van der Waals surface area contributed by atoms with Gasteiger partial charge in [0.15, 0.2) is 0 Å². The van der Waals surface area contributed by atoms with Gasteiger partial charge in [-0.1, -0.05) is 30.3 Å². The third-order valence-electron chi connectivity index (χ3n) is 6.08. The minimum atomic E-state index is -0.199. The number of hydrogen-bond donors (Lipinski definition) is 1. The summed E-state index contributed by atoms with van der Waals surface area (Å²) in [7, 11) is 0. The number of nitrogens with one attached hydrogen (secondary N) is 1. The molecule has 0 radical (unpaired) electrons. The predicted octanol–water partition coefficient (Wildman–Crippen LogP) is 3.61. The van der Waals surface area contributed by atoms with Crippen molar-refractivity contribution in [3.63, 3.8) is 0 Å². The Bertz CT molecular complexity index is 565. The largest absolute Gasteiger partial charge is 0.344 e. The minimum absolute atomic E-state index is 0.0456. The van der Waals surface area contributed by atoms with Crippen molar-refractivity contribution in [2.24, 2.45) is 17.8 Å². The Hall–Kier alpha value is -1.55. The van der Waals surface area contributed by atoms with Crippen molar-refractivity contribution in [1.82, 2.24) is 10.4 Å². The van der Waals surface area contributed by atoms with Crippen LogP contribution in [0.25, 0.3) is 0 Å².